The van der Waals surface area contributed by atoms with Crippen LogP contribution < -0.4 is 4.74 Å². The van der Waals surface area contributed by atoms with Crippen LogP contribution in [0.15, 0.2) is 53.4 Å². The van der Waals surface area contributed by atoms with Crippen molar-refractivity contribution in [3.8, 4) is 11.5 Å². The first-order valence-electron chi connectivity index (χ1n) is 7.25. The van der Waals surface area contributed by atoms with Gasteiger partial charge in [0.2, 0.25) is 0 Å². The summed E-state index contributed by atoms with van der Waals surface area (Å²) in [7, 11) is 1.61. The number of hydrogen-bond donors (Lipinski definition) is 1. The van der Waals surface area contributed by atoms with Crippen LogP contribution in [0.25, 0.3) is 6.08 Å². The number of carbonyl (C=O) groups excluding carboxylic acids is 1. The van der Waals surface area contributed by atoms with E-state index in [4.69, 9.17) is 17.0 Å². The summed E-state index contributed by atoms with van der Waals surface area (Å²) in [6, 6.07) is 14.4. The summed E-state index contributed by atoms with van der Waals surface area (Å²) in [6.45, 7) is 0.409. The second-order valence-corrected chi connectivity index (χ2v) is 6.85. The quantitative estimate of drug-likeness (QED) is 0.666. The SMILES string of the molecule is COc1ccc(CN2C(=O)/C(=C/c3ccccc3O)SC2=S)cc1. The van der Waals surface area contributed by atoms with E-state index in [-0.39, 0.29) is 11.7 Å². The van der Waals surface area contributed by atoms with Crippen LogP contribution in [-0.2, 0) is 11.3 Å². The largest absolute Gasteiger partial charge is 0.507 e. The van der Waals surface area contributed by atoms with Gasteiger partial charge in [-0.25, -0.2) is 0 Å². The lowest BCUT2D eigenvalue weighted by atomic mass is 10.2. The molecule has 0 spiro atoms. The van der Waals surface area contributed by atoms with Crippen LogP contribution in [0.4, 0.5) is 0 Å². The summed E-state index contributed by atoms with van der Waals surface area (Å²) in [5.41, 5.74) is 1.57. The minimum absolute atomic E-state index is 0.137. The molecule has 1 saturated heterocycles. The van der Waals surface area contributed by atoms with Crippen molar-refractivity contribution in [3.63, 3.8) is 0 Å². The number of aromatic hydroxyl groups is 1. The molecule has 1 amide bonds. The van der Waals surface area contributed by atoms with E-state index >= 15 is 0 Å². The third kappa shape index (κ3) is 3.44. The van der Waals surface area contributed by atoms with Gasteiger partial charge in [-0.3, -0.25) is 9.69 Å². The maximum absolute atomic E-state index is 12.6. The van der Waals surface area contributed by atoms with E-state index in [1.165, 1.54) is 11.8 Å². The van der Waals surface area contributed by atoms with Gasteiger partial charge in [0, 0.05) is 5.56 Å². The molecular weight excluding hydrogens is 342 g/mol. The minimum Gasteiger partial charge on any atom is -0.507 e. The van der Waals surface area contributed by atoms with E-state index in [0.717, 1.165) is 11.3 Å². The number of phenols is 1. The van der Waals surface area contributed by atoms with Crippen molar-refractivity contribution in [3.05, 3.63) is 64.6 Å². The Morgan fingerprint density at radius 2 is 1.92 bits per heavy atom. The number of thioether (sulfide) groups is 1. The lowest BCUT2D eigenvalue weighted by Crippen LogP contribution is -2.27. The molecule has 0 saturated carbocycles. The first-order chi connectivity index (χ1) is 11.6. The molecule has 6 heteroatoms. The zero-order chi connectivity index (χ0) is 17.1. The van der Waals surface area contributed by atoms with Crippen LogP contribution in [0.2, 0.25) is 0 Å². The van der Waals surface area contributed by atoms with Gasteiger partial charge in [0.05, 0.1) is 18.6 Å². The number of carbonyl (C=O) groups is 1. The summed E-state index contributed by atoms with van der Waals surface area (Å²) in [4.78, 5) is 14.7. The predicted molar refractivity (Wildman–Crippen MR) is 99.8 cm³/mol. The summed E-state index contributed by atoms with van der Waals surface area (Å²) < 4.78 is 5.64. The maximum atomic E-state index is 12.6. The number of phenolic OH excluding ortho intramolecular Hbond substituents is 1. The molecule has 1 aliphatic heterocycles. The van der Waals surface area contributed by atoms with Crippen molar-refractivity contribution in [1.82, 2.24) is 4.90 Å². The molecule has 0 aromatic heterocycles. The topological polar surface area (TPSA) is 49.8 Å². The van der Waals surface area contributed by atoms with E-state index in [1.807, 2.05) is 30.3 Å². The van der Waals surface area contributed by atoms with Crippen LogP contribution in [0.3, 0.4) is 0 Å². The Morgan fingerprint density at radius 3 is 2.58 bits per heavy atom. The molecule has 3 rings (SSSR count). The summed E-state index contributed by atoms with van der Waals surface area (Å²) in [5, 5.41) is 9.85. The fraction of sp³-hybridized carbons (Fsp3) is 0.111. The van der Waals surface area contributed by atoms with Crippen molar-refractivity contribution < 1.29 is 14.6 Å². The van der Waals surface area contributed by atoms with Crippen LogP contribution in [0.5, 0.6) is 11.5 Å². The first-order valence-corrected chi connectivity index (χ1v) is 8.47. The Hall–Kier alpha value is -2.31. The number of hydrogen-bond acceptors (Lipinski definition) is 5. The minimum atomic E-state index is -0.149. The Kier molecular flexibility index (Phi) is 4.87. The molecule has 4 nitrogen and oxygen atoms in total. The standard InChI is InChI=1S/C18H15NO3S2/c1-22-14-8-6-12(7-9-14)11-19-17(21)16(24-18(19)23)10-13-4-2-3-5-15(13)20/h2-10,20H,11H2,1H3/b16-10-. The third-order valence-electron chi connectivity index (χ3n) is 3.60. The van der Waals surface area contributed by atoms with E-state index in [0.29, 0.717) is 21.3 Å². The highest BCUT2D eigenvalue weighted by Gasteiger charge is 2.32. The number of para-hydroxylation sites is 1. The second kappa shape index (κ2) is 7.07. The average Bonchev–Trinajstić information content (AvgIpc) is 2.85. The lowest BCUT2D eigenvalue weighted by molar-refractivity contribution is -0.122. The van der Waals surface area contributed by atoms with Gasteiger partial charge >= 0.3 is 0 Å². The Bertz CT molecular complexity index is 815. The fourth-order valence-corrected chi connectivity index (χ4v) is 3.55. The molecule has 0 radical (unpaired) electrons. The summed E-state index contributed by atoms with van der Waals surface area (Å²) in [5.74, 6) is 0.755. The van der Waals surface area contributed by atoms with Gasteiger partial charge in [-0.15, -0.1) is 0 Å². The van der Waals surface area contributed by atoms with Gasteiger partial charge in [0.15, 0.2) is 0 Å². The molecule has 1 fully saturated rings. The Balaban J connectivity index is 1.80. The van der Waals surface area contributed by atoms with E-state index in [9.17, 15) is 9.90 Å². The molecule has 1 aliphatic rings. The lowest BCUT2D eigenvalue weighted by Gasteiger charge is -2.14. The van der Waals surface area contributed by atoms with Crippen molar-refractivity contribution in [2.45, 2.75) is 6.54 Å². The van der Waals surface area contributed by atoms with Crippen LogP contribution >= 0.6 is 24.0 Å². The van der Waals surface area contributed by atoms with Gasteiger partial charge in [-0.2, -0.15) is 0 Å². The normalized spacial score (nSPS) is 16.0. The Morgan fingerprint density at radius 1 is 1.21 bits per heavy atom. The number of ether oxygens (including phenoxy) is 1. The number of benzene rings is 2. The molecule has 0 aliphatic carbocycles. The highest BCUT2D eigenvalue weighted by molar-refractivity contribution is 8.26. The Labute approximate surface area is 149 Å². The number of amides is 1. The van der Waals surface area contributed by atoms with Crippen molar-refractivity contribution in [2.75, 3.05) is 7.11 Å². The van der Waals surface area contributed by atoms with Gasteiger partial charge in [0.25, 0.3) is 5.91 Å². The summed E-state index contributed by atoms with van der Waals surface area (Å²) >= 11 is 6.58. The molecule has 2 aromatic rings. The third-order valence-corrected chi connectivity index (χ3v) is 4.97. The summed E-state index contributed by atoms with van der Waals surface area (Å²) in [6.07, 6.45) is 1.67. The van der Waals surface area contributed by atoms with E-state index < -0.39 is 0 Å². The molecule has 24 heavy (non-hydrogen) atoms. The number of nitrogens with zero attached hydrogens (tertiary/aromatic N) is 1. The van der Waals surface area contributed by atoms with Crippen LogP contribution in [0, 0.1) is 0 Å². The van der Waals surface area contributed by atoms with Crippen molar-refractivity contribution in [2.24, 2.45) is 0 Å². The number of thiocarbonyl (C=S) groups is 1. The monoisotopic (exact) mass is 357 g/mol. The maximum Gasteiger partial charge on any atom is 0.266 e. The smallest absolute Gasteiger partial charge is 0.266 e. The zero-order valence-electron chi connectivity index (χ0n) is 12.9. The van der Waals surface area contributed by atoms with Crippen molar-refractivity contribution >= 4 is 40.3 Å². The molecule has 0 atom stereocenters. The van der Waals surface area contributed by atoms with Crippen LogP contribution in [0.1, 0.15) is 11.1 Å². The number of rotatable bonds is 4. The van der Waals surface area contributed by atoms with Gasteiger partial charge in [-0.1, -0.05) is 54.3 Å². The average molecular weight is 357 g/mol. The molecule has 1 N–H and O–H groups in total. The van der Waals surface area contributed by atoms with E-state index in [1.54, 1.807) is 36.3 Å². The predicted octanol–water partition coefficient (Wildman–Crippen LogP) is 3.80. The zero-order valence-corrected chi connectivity index (χ0v) is 14.6. The van der Waals surface area contributed by atoms with E-state index in [2.05, 4.69) is 0 Å². The molecule has 0 bridgehead atoms. The van der Waals surface area contributed by atoms with Gasteiger partial charge in [-0.05, 0) is 29.8 Å². The van der Waals surface area contributed by atoms with Crippen molar-refractivity contribution in [1.29, 1.82) is 0 Å². The number of methoxy groups -OCH3 is 1. The van der Waals surface area contributed by atoms with Gasteiger partial charge < -0.3 is 9.84 Å². The molecule has 0 unspecified atom stereocenters. The second-order valence-electron chi connectivity index (χ2n) is 5.17. The molecular formula is C18H15NO3S2. The van der Waals surface area contributed by atoms with Gasteiger partial charge in [0.1, 0.15) is 15.8 Å². The highest BCUT2D eigenvalue weighted by Crippen LogP contribution is 2.35. The molecule has 122 valence electrons. The first kappa shape index (κ1) is 16.5. The molecule has 2 aromatic carbocycles. The molecule has 1 heterocycles. The van der Waals surface area contributed by atoms with Crippen LogP contribution in [-0.4, -0.2) is 27.3 Å². The highest BCUT2D eigenvalue weighted by atomic mass is 32.2. The fourth-order valence-electron chi connectivity index (χ4n) is 2.30.